The largest absolute Gasteiger partial charge is 0.465 e. The molecule has 0 amide bonds. The molecule has 15 heavy (non-hydrogen) atoms. The molecule has 78 valence electrons. The zero-order valence-electron chi connectivity index (χ0n) is 7.64. The molecule has 0 bridgehead atoms. The third-order valence-corrected chi connectivity index (χ3v) is 1.82. The summed E-state index contributed by atoms with van der Waals surface area (Å²) in [4.78, 5) is 14.9. The topological polar surface area (TPSA) is 95.4 Å². The van der Waals surface area contributed by atoms with Gasteiger partial charge in [-0.2, -0.15) is 4.39 Å². The van der Waals surface area contributed by atoms with Crippen LogP contribution < -0.4 is 5.73 Å². The molecule has 0 saturated carbocycles. The fourth-order valence-corrected chi connectivity index (χ4v) is 1.18. The van der Waals surface area contributed by atoms with Crippen molar-refractivity contribution < 1.29 is 13.9 Å². The molecule has 2 heterocycles. The highest BCUT2D eigenvalue weighted by Gasteiger charge is 2.23. The molecular formula is C7H6FN5O2. The number of ether oxygens (including phenoxy) is 1. The number of anilines is 1. The van der Waals surface area contributed by atoms with Crippen LogP contribution in [0.15, 0.2) is 6.33 Å². The summed E-state index contributed by atoms with van der Waals surface area (Å²) in [5.41, 5.74) is 5.11. The highest BCUT2D eigenvalue weighted by Crippen LogP contribution is 2.18. The fourth-order valence-electron chi connectivity index (χ4n) is 1.18. The fraction of sp³-hybridized carbons (Fsp3) is 0.143. The average molecular weight is 211 g/mol. The lowest BCUT2D eigenvalue weighted by atomic mass is 10.3. The van der Waals surface area contributed by atoms with Crippen molar-refractivity contribution in [2.45, 2.75) is 0 Å². The van der Waals surface area contributed by atoms with E-state index in [-0.39, 0.29) is 16.9 Å². The van der Waals surface area contributed by atoms with Crippen LogP contribution in [0.4, 0.5) is 10.2 Å². The first-order chi connectivity index (χ1) is 7.15. The van der Waals surface area contributed by atoms with E-state index in [4.69, 9.17) is 5.73 Å². The number of nitrogens with two attached hydrogens (primary N) is 1. The van der Waals surface area contributed by atoms with Gasteiger partial charge in [0.25, 0.3) is 0 Å². The maximum absolute atomic E-state index is 13.3. The van der Waals surface area contributed by atoms with Crippen LogP contribution in [0.1, 0.15) is 10.4 Å². The number of hydrogen-bond donors (Lipinski definition) is 1. The lowest BCUT2D eigenvalue weighted by Gasteiger charge is -1.97. The Balaban J connectivity index is 2.82. The molecule has 0 fully saturated rings. The van der Waals surface area contributed by atoms with E-state index >= 15 is 0 Å². The summed E-state index contributed by atoms with van der Waals surface area (Å²) in [6, 6.07) is 0. The second-order valence-corrected chi connectivity index (χ2v) is 2.64. The highest BCUT2D eigenvalue weighted by atomic mass is 19.1. The highest BCUT2D eigenvalue weighted by molar-refractivity contribution is 5.99. The molecule has 0 aliphatic rings. The molecule has 2 aromatic heterocycles. The molecule has 2 rings (SSSR count). The number of rotatable bonds is 1. The number of fused-ring (bicyclic) bond motifs is 1. The van der Waals surface area contributed by atoms with Crippen LogP contribution in [0.5, 0.6) is 0 Å². The molecule has 0 unspecified atom stereocenters. The zero-order chi connectivity index (χ0) is 11.0. The second-order valence-electron chi connectivity index (χ2n) is 2.64. The number of carbonyl (C=O) groups excluding carboxylic acids is 1. The van der Waals surface area contributed by atoms with Crippen LogP contribution in [-0.4, -0.2) is 32.9 Å². The van der Waals surface area contributed by atoms with E-state index in [2.05, 4.69) is 19.9 Å². The molecule has 0 spiro atoms. The number of halogens is 1. The van der Waals surface area contributed by atoms with Gasteiger partial charge in [-0.25, -0.2) is 9.78 Å². The van der Waals surface area contributed by atoms with Gasteiger partial charge in [0.1, 0.15) is 17.4 Å². The molecule has 0 aliphatic carbocycles. The van der Waals surface area contributed by atoms with Gasteiger partial charge in [0.2, 0.25) is 5.95 Å². The van der Waals surface area contributed by atoms with E-state index in [9.17, 15) is 9.18 Å². The van der Waals surface area contributed by atoms with Crippen LogP contribution in [0.25, 0.3) is 5.52 Å². The van der Waals surface area contributed by atoms with E-state index in [1.54, 1.807) is 0 Å². The minimum Gasteiger partial charge on any atom is -0.465 e. The van der Waals surface area contributed by atoms with Crippen molar-refractivity contribution in [3.8, 4) is 0 Å². The summed E-state index contributed by atoms with van der Waals surface area (Å²) in [5.74, 6) is -1.90. The summed E-state index contributed by atoms with van der Waals surface area (Å²) in [6.07, 6.45) is 1.11. The lowest BCUT2D eigenvalue weighted by molar-refractivity contribution is 0.0597. The third-order valence-electron chi connectivity index (χ3n) is 1.82. The van der Waals surface area contributed by atoms with Gasteiger partial charge < -0.3 is 10.5 Å². The van der Waals surface area contributed by atoms with E-state index < -0.39 is 11.9 Å². The van der Waals surface area contributed by atoms with E-state index in [1.165, 1.54) is 0 Å². The summed E-state index contributed by atoms with van der Waals surface area (Å²) < 4.78 is 18.6. The maximum Gasteiger partial charge on any atom is 0.345 e. The Labute approximate surface area is 82.7 Å². The lowest BCUT2D eigenvalue weighted by Crippen LogP contribution is -2.06. The quantitative estimate of drug-likeness (QED) is 0.646. The zero-order valence-corrected chi connectivity index (χ0v) is 7.64. The number of nitrogens with zero attached hydrogens (tertiary/aromatic N) is 4. The van der Waals surface area contributed by atoms with Gasteiger partial charge in [0.15, 0.2) is 5.82 Å². The molecule has 0 aliphatic heterocycles. The van der Waals surface area contributed by atoms with Crippen molar-refractivity contribution in [3.63, 3.8) is 0 Å². The number of hydrogen-bond acceptors (Lipinski definition) is 6. The summed E-state index contributed by atoms with van der Waals surface area (Å²) in [7, 11) is 1.13. The Kier molecular flexibility index (Phi) is 1.96. The number of esters is 1. The summed E-state index contributed by atoms with van der Waals surface area (Å²) in [5, 5.41) is 6.97. The van der Waals surface area contributed by atoms with Crippen LogP contribution >= 0.6 is 0 Å². The van der Waals surface area contributed by atoms with Crippen molar-refractivity contribution in [1.82, 2.24) is 19.8 Å². The van der Waals surface area contributed by atoms with E-state index in [1.807, 2.05) is 0 Å². The molecular weight excluding hydrogens is 205 g/mol. The average Bonchev–Trinajstić information content (AvgIpc) is 2.55. The Morgan fingerprint density at radius 2 is 2.40 bits per heavy atom. The van der Waals surface area contributed by atoms with Gasteiger partial charge in [0, 0.05) is 0 Å². The first kappa shape index (κ1) is 9.31. The first-order valence-corrected chi connectivity index (χ1v) is 3.88. The smallest absolute Gasteiger partial charge is 0.345 e. The SMILES string of the molecule is COC(=O)c1c(F)nn2ncnc(N)c12. The minimum absolute atomic E-state index is 0.00171. The van der Waals surface area contributed by atoms with Crippen molar-refractivity contribution in [2.75, 3.05) is 12.8 Å². The van der Waals surface area contributed by atoms with Crippen LogP contribution in [0.2, 0.25) is 0 Å². The maximum atomic E-state index is 13.3. The molecule has 0 radical (unpaired) electrons. The molecule has 7 nitrogen and oxygen atoms in total. The van der Waals surface area contributed by atoms with Crippen molar-refractivity contribution in [1.29, 1.82) is 0 Å². The second kappa shape index (κ2) is 3.15. The Bertz CT molecular complexity index is 537. The standard InChI is InChI=1S/C7H6FN5O2/c1-15-7(14)3-4-6(9)10-2-11-13(4)12-5(3)8/h2H,1H3,(H2,9,10,11). The van der Waals surface area contributed by atoms with Crippen molar-refractivity contribution in [3.05, 3.63) is 17.8 Å². The molecule has 2 N–H and O–H groups in total. The van der Waals surface area contributed by atoms with Crippen molar-refractivity contribution in [2.24, 2.45) is 0 Å². The number of carbonyl (C=O) groups is 1. The summed E-state index contributed by atoms with van der Waals surface area (Å²) >= 11 is 0. The van der Waals surface area contributed by atoms with Gasteiger partial charge >= 0.3 is 5.97 Å². The molecule has 0 aromatic carbocycles. The predicted molar refractivity (Wildman–Crippen MR) is 46.5 cm³/mol. The van der Waals surface area contributed by atoms with Gasteiger partial charge in [-0.05, 0) is 0 Å². The van der Waals surface area contributed by atoms with E-state index in [0.29, 0.717) is 0 Å². The number of aromatic nitrogens is 4. The first-order valence-electron chi connectivity index (χ1n) is 3.88. The Morgan fingerprint density at radius 1 is 1.67 bits per heavy atom. The van der Waals surface area contributed by atoms with Crippen LogP contribution in [-0.2, 0) is 4.74 Å². The monoisotopic (exact) mass is 211 g/mol. The predicted octanol–water partition coefficient (Wildman–Crippen LogP) is -0.368. The van der Waals surface area contributed by atoms with Gasteiger partial charge in [-0.3, -0.25) is 0 Å². The van der Waals surface area contributed by atoms with Gasteiger partial charge in [-0.15, -0.1) is 14.8 Å². The number of methoxy groups -OCH3 is 1. The molecule has 8 heteroatoms. The summed E-state index contributed by atoms with van der Waals surface area (Å²) in [6.45, 7) is 0. The van der Waals surface area contributed by atoms with Gasteiger partial charge in [0.05, 0.1) is 7.11 Å². The van der Waals surface area contributed by atoms with Gasteiger partial charge in [-0.1, -0.05) is 0 Å². The minimum atomic E-state index is -0.992. The van der Waals surface area contributed by atoms with Crippen LogP contribution in [0, 0.1) is 5.95 Å². The third kappa shape index (κ3) is 1.26. The Morgan fingerprint density at radius 3 is 3.07 bits per heavy atom. The van der Waals surface area contributed by atoms with Crippen LogP contribution in [0.3, 0.4) is 0 Å². The Hall–Kier alpha value is -2.25. The normalized spacial score (nSPS) is 10.5. The van der Waals surface area contributed by atoms with E-state index in [0.717, 1.165) is 18.1 Å². The molecule has 0 atom stereocenters. The molecule has 2 aromatic rings. The number of nitrogen functional groups attached to an aromatic ring is 1. The van der Waals surface area contributed by atoms with Crippen molar-refractivity contribution >= 4 is 17.3 Å². The molecule has 0 saturated heterocycles.